The van der Waals surface area contributed by atoms with Crippen LogP contribution in [-0.4, -0.2) is 44.5 Å². The molecule has 6 nitrogen and oxygen atoms in total. The van der Waals surface area contributed by atoms with E-state index in [4.69, 9.17) is 0 Å². The highest BCUT2D eigenvalue weighted by molar-refractivity contribution is 5.76. The van der Waals surface area contributed by atoms with Crippen molar-refractivity contribution in [2.45, 2.75) is 51.9 Å². The molecule has 2 heterocycles. The average molecular weight is 265 g/mol. The molecule has 0 aromatic carbocycles. The van der Waals surface area contributed by atoms with Crippen LogP contribution in [0.4, 0.5) is 0 Å². The summed E-state index contributed by atoms with van der Waals surface area (Å²) in [5.41, 5.74) is -0.170. The first-order chi connectivity index (χ1) is 9.05. The van der Waals surface area contributed by atoms with E-state index in [0.29, 0.717) is 24.7 Å². The van der Waals surface area contributed by atoms with Crippen LogP contribution in [-0.2, 0) is 10.2 Å². The standard InChI is InChI=1S/C13H23N5O/c1-4-10(2)8-11(19)18-7-5-6-13(3,9-18)12-14-16-17-15-12/h10H,4-9H2,1-3H3,(H,14,15,16,17). The predicted octanol–water partition coefficient (Wildman–Crippen LogP) is 1.52. The SMILES string of the molecule is CCC(C)CC(=O)N1CCCC(C)(c2nn[nH]n2)C1. The van der Waals surface area contributed by atoms with Crippen LogP contribution in [0.5, 0.6) is 0 Å². The Hall–Kier alpha value is -1.46. The molecule has 1 N–H and O–H groups in total. The summed E-state index contributed by atoms with van der Waals surface area (Å²) >= 11 is 0. The number of likely N-dealkylation sites (tertiary alicyclic amines) is 1. The Labute approximate surface area is 113 Å². The predicted molar refractivity (Wildman–Crippen MR) is 71.4 cm³/mol. The van der Waals surface area contributed by atoms with E-state index in [1.165, 1.54) is 0 Å². The van der Waals surface area contributed by atoms with E-state index in [1.54, 1.807) is 0 Å². The number of carbonyl (C=O) groups is 1. The molecule has 1 aromatic heterocycles. The topological polar surface area (TPSA) is 74.8 Å². The van der Waals surface area contributed by atoms with Crippen LogP contribution in [0, 0.1) is 5.92 Å². The minimum atomic E-state index is -0.170. The third-order valence-corrected chi connectivity index (χ3v) is 4.15. The van der Waals surface area contributed by atoms with Crippen LogP contribution in [0.25, 0.3) is 0 Å². The lowest BCUT2D eigenvalue weighted by atomic mass is 9.81. The van der Waals surface area contributed by atoms with Crippen molar-refractivity contribution in [3.63, 3.8) is 0 Å². The second-order valence-corrected chi connectivity index (χ2v) is 5.93. The van der Waals surface area contributed by atoms with Gasteiger partial charge in [-0.1, -0.05) is 32.4 Å². The van der Waals surface area contributed by atoms with E-state index >= 15 is 0 Å². The largest absolute Gasteiger partial charge is 0.342 e. The van der Waals surface area contributed by atoms with Gasteiger partial charge in [0, 0.05) is 24.9 Å². The number of carbonyl (C=O) groups excluding carboxylic acids is 1. The van der Waals surface area contributed by atoms with Crippen molar-refractivity contribution in [2.24, 2.45) is 5.92 Å². The normalized spacial score (nSPS) is 25.3. The smallest absolute Gasteiger partial charge is 0.222 e. The molecule has 0 spiro atoms. The number of amides is 1. The van der Waals surface area contributed by atoms with E-state index in [-0.39, 0.29) is 11.3 Å². The second kappa shape index (κ2) is 5.67. The lowest BCUT2D eigenvalue weighted by molar-refractivity contribution is -0.134. The van der Waals surface area contributed by atoms with Crippen LogP contribution >= 0.6 is 0 Å². The Bertz CT molecular complexity index is 419. The van der Waals surface area contributed by atoms with E-state index in [1.807, 2.05) is 4.90 Å². The van der Waals surface area contributed by atoms with Gasteiger partial charge in [-0.25, -0.2) is 0 Å². The Kier molecular flexibility index (Phi) is 4.17. The Morgan fingerprint density at radius 3 is 3.00 bits per heavy atom. The van der Waals surface area contributed by atoms with Crippen molar-refractivity contribution in [1.82, 2.24) is 25.5 Å². The van der Waals surface area contributed by atoms with E-state index in [2.05, 4.69) is 41.4 Å². The van der Waals surface area contributed by atoms with Gasteiger partial charge in [-0.3, -0.25) is 4.79 Å². The first-order valence-corrected chi connectivity index (χ1v) is 7.07. The quantitative estimate of drug-likeness (QED) is 0.895. The second-order valence-electron chi connectivity index (χ2n) is 5.93. The lowest BCUT2D eigenvalue weighted by Crippen LogP contribution is -2.47. The molecular formula is C13H23N5O. The molecule has 0 radical (unpaired) electrons. The molecule has 2 unspecified atom stereocenters. The zero-order valence-electron chi connectivity index (χ0n) is 12.0. The van der Waals surface area contributed by atoms with E-state index < -0.39 is 0 Å². The summed E-state index contributed by atoms with van der Waals surface area (Å²) < 4.78 is 0. The Morgan fingerprint density at radius 1 is 1.58 bits per heavy atom. The zero-order chi connectivity index (χ0) is 13.9. The number of rotatable bonds is 4. The highest BCUT2D eigenvalue weighted by atomic mass is 16.2. The fraction of sp³-hybridized carbons (Fsp3) is 0.846. The van der Waals surface area contributed by atoms with Crippen molar-refractivity contribution in [3.05, 3.63) is 5.82 Å². The summed E-state index contributed by atoms with van der Waals surface area (Å²) in [6.07, 6.45) is 3.68. The van der Waals surface area contributed by atoms with Gasteiger partial charge < -0.3 is 4.90 Å². The molecule has 1 aliphatic rings. The number of nitrogens with zero attached hydrogens (tertiary/aromatic N) is 4. The lowest BCUT2D eigenvalue weighted by Gasteiger charge is -2.38. The van der Waals surface area contributed by atoms with Crippen LogP contribution in [0.1, 0.15) is 52.3 Å². The van der Waals surface area contributed by atoms with Crippen molar-refractivity contribution in [2.75, 3.05) is 13.1 Å². The monoisotopic (exact) mass is 265 g/mol. The van der Waals surface area contributed by atoms with Gasteiger partial charge in [0.2, 0.25) is 5.91 Å². The molecule has 2 rings (SSSR count). The van der Waals surface area contributed by atoms with E-state index in [0.717, 1.165) is 25.8 Å². The number of hydrogen-bond donors (Lipinski definition) is 1. The number of aromatic amines is 1. The van der Waals surface area contributed by atoms with Gasteiger partial charge in [0.25, 0.3) is 0 Å². The molecule has 1 saturated heterocycles. The Morgan fingerprint density at radius 2 is 2.37 bits per heavy atom. The minimum absolute atomic E-state index is 0.170. The summed E-state index contributed by atoms with van der Waals surface area (Å²) in [5, 5.41) is 14.3. The summed E-state index contributed by atoms with van der Waals surface area (Å²) in [4.78, 5) is 14.3. The van der Waals surface area contributed by atoms with Gasteiger partial charge in [-0.15, -0.1) is 10.2 Å². The van der Waals surface area contributed by atoms with Crippen LogP contribution in [0.15, 0.2) is 0 Å². The zero-order valence-corrected chi connectivity index (χ0v) is 12.0. The van der Waals surface area contributed by atoms with Crippen LogP contribution in [0.3, 0.4) is 0 Å². The maximum Gasteiger partial charge on any atom is 0.222 e. The third kappa shape index (κ3) is 3.11. The number of aromatic nitrogens is 4. The van der Waals surface area contributed by atoms with Gasteiger partial charge >= 0.3 is 0 Å². The van der Waals surface area contributed by atoms with Gasteiger partial charge in [-0.05, 0) is 18.8 Å². The first-order valence-electron chi connectivity index (χ1n) is 7.07. The molecular weight excluding hydrogens is 242 g/mol. The maximum atomic E-state index is 12.3. The van der Waals surface area contributed by atoms with Crippen molar-refractivity contribution in [1.29, 1.82) is 0 Å². The van der Waals surface area contributed by atoms with Gasteiger partial charge in [0.15, 0.2) is 5.82 Å². The van der Waals surface area contributed by atoms with Gasteiger partial charge in [0.05, 0.1) is 0 Å². The molecule has 1 aromatic rings. The number of piperidine rings is 1. The molecule has 1 fully saturated rings. The number of hydrogen-bond acceptors (Lipinski definition) is 4. The molecule has 106 valence electrons. The van der Waals surface area contributed by atoms with Gasteiger partial charge in [-0.2, -0.15) is 5.21 Å². The number of tetrazole rings is 1. The van der Waals surface area contributed by atoms with E-state index in [9.17, 15) is 4.79 Å². The molecule has 0 aliphatic carbocycles. The fourth-order valence-electron chi connectivity index (χ4n) is 2.62. The molecule has 0 saturated carbocycles. The highest BCUT2D eigenvalue weighted by Crippen LogP contribution is 2.31. The molecule has 2 atom stereocenters. The third-order valence-electron chi connectivity index (χ3n) is 4.15. The maximum absolute atomic E-state index is 12.3. The Balaban J connectivity index is 2.03. The first kappa shape index (κ1) is 14.0. The summed E-state index contributed by atoms with van der Waals surface area (Å²) in [6.45, 7) is 7.91. The molecule has 0 bridgehead atoms. The van der Waals surface area contributed by atoms with Crippen LogP contribution in [0.2, 0.25) is 0 Å². The minimum Gasteiger partial charge on any atom is -0.342 e. The highest BCUT2D eigenvalue weighted by Gasteiger charge is 2.37. The number of H-pyrrole nitrogens is 1. The van der Waals surface area contributed by atoms with Crippen molar-refractivity contribution in [3.8, 4) is 0 Å². The fourth-order valence-corrected chi connectivity index (χ4v) is 2.62. The van der Waals surface area contributed by atoms with Crippen molar-refractivity contribution >= 4 is 5.91 Å². The molecule has 6 heteroatoms. The summed E-state index contributed by atoms with van der Waals surface area (Å²) in [6, 6.07) is 0. The summed E-state index contributed by atoms with van der Waals surface area (Å²) in [7, 11) is 0. The summed E-state index contributed by atoms with van der Waals surface area (Å²) in [5.74, 6) is 1.42. The molecule has 1 aliphatic heterocycles. The average Bonchev–Trinajstić information content (AvgIpc) is 2.93. The molecule has 19 heavy (non-hydrogen) atoms. The number of nitrogens with one attached hydrogen (secondary N) is 1. The molecule has 1 amide bonds. The van der Waals surface area contributed by atoms with Crippen molar-refractivity contribution < 1.29 is 4.79 Å². The van der Waals surface area contributed by atoms with Crippen LogP contribution < -0.4 is 0 Å². The van der Waals surface area contributed by atoms with Gasteiger partial charge in [0.1, 0.15) is 0 Å².